The lowest BCUT2D eigenvalue weighted by Gasteiger charge is -2.06. The summed E-state index contributed by atoms with van der Waals surface area (Å²) >= 11 is 15.6. The number of nitrogens with one attached hydrogen (secondary N) is 1. The van der Waals surface area contributed by atoms with Crippen LogP contribution in [0, 0.1) is 3.57 Å². The van der Waals surface area contributed by atoms with E-state index in [9.17, 15) is 4.79 Å². The van der Waals surface area contributed by atoms with Crippen molar-refractivity contribution in [3.05, 3.63) is 60.5 Å². The molecular formula is C18H13Cl2IN2O2S. The van der Waals surface area contributed by atoms with Crippen molar-refractivity contribution in [2.45, 2.75) is 6.92 Å². The summed E-state index contributed by atoms with van der Waals surface area (Å²) in [5.74, 6) is 0.632. The highest BCUT2D eigenvalue weighted by Crippen LogP contribution is 2.34. The largest absolute Gasteiger partial charge is 0.493 e. The first kappa shape index (κ1) is 19.5. The Morgan fingerprint density at radius 1 is 1.31 bits per heavy atom. The smallest absolute Gasteiger partial charge is 0.264 e. The second kappa shape index (κ2) is 8.65. The van der Waals surface area contributed by atoms with E-state index in [1.807, 2.05) is 31.2 Å². The van der Waals surface area contributed by atoms with Gasteiger partial charge in [0.15, 0.2) is 5.17 Å². The Balaban J connectivity index is 1.83. The van der Waals surface area contributed by atoms with E-state index >= 15 is 0 Å². The molecule has 0 saturated carbocycles. The summed E-state index contributed by atoms with van der Waals surface area (Å²) in [6, 6.07) is 11.0. The summed E-state index contributed by atoms with van der Waals surface area (Å²) < 4.78 is 6.52. The van der Waals surface area contributed by atoms with Gasteiger partial charge in [0.05, 0.1) is 30.8 Å². The number of nitrogens with zero attached hydrogens (tertiary/aromatic N) is 1. The number of hydrogen-bond acceptors (Lipinski definition) is 4. The van der Waals surface area contributed by atoms with Gasteiger partial charge in [-0.05, 0) is 77.2 Å². The fourth-order valence-corrected chi connectivity index (χ4v) is 4.07. The van der Waals surface area contributed by atoms with Crippen LogP contribution in [-0.4, -0.2) is 17.7 Å². The summed E-state index contributed by atoms with van der Waals surface area (Å²) in [6.45, 7) is 2.55. The number of hydrogen-bond donors (Lipinski definition) is 1. The fourth-order valence-electron chi connectivity index (χ4n) is 2.20. The standard InChI is InChI=1S/C18H13Cl2IN2O2S/c1-2-25-14-7-6-10(8-12(14)21)9-15-17(24)23-18(26-15)22-13-5-3-4-11(19)16(13)20/h3-9H,2H2,1H3,(H,22,23,24)/b15-9+. The molecule has 1 N–H and O–H groups in total. The molecule has 1 amide bonds. The molecule has 1 aliphatic rings. The number of aliphatic imine (C=N–C) groups is 1. The minimum Gasteiger partial charge on any atom is -0.493 e. The lowest BCUT2D eigenvalue weighted by atomic mass is 10.2. The van der Waals surface area contributed by atoms with Gasteiger partial charge in [-0.3, -0.25) is 4.79 Å². The Morgan fingerprint density at radius 2 is 2.12 bits per heavy atom. The van der Waals surface area contributed by atoms with Crippen molar-refractivity contribution in [2.24, 2.45) is 4.99 Å². The third-order valence-electron chi connectivity index (χ3n) is 3.36. The Kier molecular flexibility index (Phi) is 6.50. The van der Waals surface area contributed by atoms with Crippen molar-refractivity contribution in [2.75, 3.05) is 6.61 Å². The highest BCUT2D eigenvalue weighted by atomic mass is 127. The topological polar surface area (TPSA) is 50.7 Å². The summed E-state index contributed by atoms with van der Waals surface area (Å²) in [6.07, 6.45) is 1.82. The first-order chi connectivity index (χ1) is 12.5. The van der Waals surface area contributed by atoms with Crippen LogP contribution in [0.3, 0.4) is 0 Å². The van der Waals surface area contributed by atoms with Gasteiger partial charge in [0.25, 0.3) is 5.91 Å². The molecule has 8 heteroatoms. The molecule has 2 aromatic carbocycles. The molecule has 3 rings (SSSR count). The zero-order chi connectivity index (χ0) is 18.7. The molecular weight excluding hydrogens is 506 g/mol. The molecule has 0 aliphatic carbocycles. The van der Waals surface area contributed by atoms with Crippen molar-refractivity contribution in [3.8, 4) is 5.75 Å². The van der Waals surface area contributed by atoms with Crippen molar-refractivity contribution in [1.29, 1.82) is 0 Å². The van der Waals surface area contributed by atoms with Crippen molar-refractivity contribution < 1.29 is 9.53 Å². The molecule has 0 atom stereocenters. The Bertz CT molecular complexity index is 931. The number of amides is 1. The van der Waals surface area contributed by atoms with Gasteiger partial charge < -0.3 is 10.1 Å². The molecule has 1 fully saturated rings. The van der Waals surface area contributed by atoms with Gasteiger partial charge in [-0.2, -0.15) is 0 Å². The predicted octanol–water partition coefficient (Wildman–Crippen LogP) is 5.89. The number of rotatable bonds is 4. The summed E-state index contributed by atoms with van der Waals surface area (Å²) in [5, 5.41) is 3.98. The molecule has 0 spiro atoms. The number of carbonyl (C=O) groups is 1. The molecule has 134 valence electrons. The number of carbonyl (C=O) groups excluding carboxylic acids is 1. The van der Waals surface area contributed by atoms with E-state index in [0.717, 1.165) is 14.9 Å². The van der Waals surface area contributed by atoms with Gasteiger partial charge >= 0.3 is 0 Å². The van der Waals surface area contributed by atoms with Gasteiger partial charge in [-0.15, -0.1) is 0 Å². The second-order valence-electron chi connectivity index (χ2n) is 5.18. The average molecular weight is 519 g/mol. The maximum atomic E-state index is 12.2. The first-order valence-corrected chi connectivity index (χ1v) is 10.3. The molecule has 1 saturated heterocycles. The zero-order valence-electron chi connectivity index (χ0n) is 13.6. The van der Waals surface area contributed by atoms with Crippen LogP contribution in [0.15, 0.2) is 46.3 Å². The number of thioether (sulfide) groups is 1. The van der Waals surface area contributed by atoms with E-state index in [1.165, 1.54) is 11.8 Å². The fraction of sp³-hybridized carbons (Fsp3) is 0.111. The molecule has 0 aromatic heterocycles. The quantitative estimate of drug-likeness (QED) is 0.405. The maximum Gasteiger partial charge on any atom is 0.264 e. The lowest BCUT2D eigenvalue weighted by molar-refractivity contribution is -0.115. The van der Waals surface area contributed by atoms with Crippen molar-refractivity contribution in [3.63, 3.8) is 0 Å². The van der Waals surface area contributed by atoms with E-state index in [2.05, 4.69) is 32.9 Å². The van der Waals surface area contributed by atoms with Crippen LogP contribution in [0.25, 0.3) is 6.08 Å². The molecule has 1 aliphatic heterocycles. The van der Waals surface area contributed by atoms with Gasteiger partial charge in [-0.25, -0.2) is 4.99 Å². The molecule has 4 nitrogen and oxygen atoms in total. The summed E-state index contributed by atoms with van der Waals surface area (Å²) in [5.41, 5.74) is 1.43. The van der Waals surface area contributed by atoms with Crippen molar-refractivity contribution >= 4 is 80.4 Å². The molecule has 0 bridgehead atoms. The summed E-state index contributed by atoms with van der Waals surface area (Å²) in [7, 11) is 0. The molecule has 0 radical (unpaired) electrons. The van der Waals surface area contributed by atoms with E-state index in [-0.39, 0.29) is 5.91 Å². The molecule has 0 unspecified atom stereocenters. The Hall–Kier alpha value is -1.22. The predicted molar refractivity (Wildman–Crippen MR) is 118 cm³/mol. The van der Waals surface area contributed by atoms with Crippen LogP contribution >= 0.6 is 57.6 Å². The third kappa shape index (κ3) is 4.54. The van der Waals surface area contributed by atoms with Crippen LogP contribution in [-0.2, 0) is 4.79 Å². The molecule has 26 heavy (non-hydrogen) atoms. The van der Waals surface area contributed by atoms with Gasteiger partial charge in [-0.1, -0.05) is 35.3 Å². The maximum absolute atomic E-state index is 12.2. The van der Waals surface area contributed by atoms with Crippen molar-refractivity contribution in [1.82, 2.24) is 5.32 Å². The van der Waals surface area contributed by atoms with Crippen LogP contribution in [0.1, 0.15) is 12.5 Å². The Labute approximate surface area is 179 Å². The number of amidine groups is 1. The van der Waals surface area contributed by atoms with Gasteiger partial charge in [0.1, 0.15) is 5.75 Å². The monoisotopic (exact) mass is 518 g/mol. The normalized spacial score (nSPS) is 17.0. The highest BCUT2D eigenvalue weighted by Gasteiger charge is 2.24. The first-order valence-electron chi connectivity index (χ1n) is 7.64. The highest BCUT2D eigenvalue weighted by molar-refractivity contribution is 14.1. The Morgan fingerprint density at radius 3 is 2.85 bits per heavy atom. The number of benzene rings is 2. The van der Waals surface area contributed by atoms with E-state index in [1.54, 1.807) is 18.2 Å². The zero-order valence-corrected chi connectivity index (χ0v) is 18.0. The second-order valence-corrected chi connectivity index (χ2v) is 8.16. The van der Waals surface area contributed by atoms with E-state index in [4.69, 9.17) is 27.9 Å². The third-order valence-corrected chi connectivity index (χ3v) is 5.92. The number of halogens is 3. The van der Waals surface area contributed by atoms with E-state index < -0.39 is 0 Å². The number of ether oxygens (including phenoxy) is 1. The van der Waals surface area contributed by atoms with Gasteiger partial charge in [0.2, 0.25) is 0 Å². The van der Waals surface area contributed by atoms with Gasteiger partial charge in [0, 0.05) is 0 Å². The molecule has 2 aromatic rings. The lowest BCUT2D eigenvalue weighted by Crippen LogP contribution is -2.19. The summed E-state index contributed by atoms with van der Waals surface area (Å²) in [4.78, 5) is 17.2. The minimum absolute atomic E-state index is 0.198. The van der Waals surface area contributed by atoms with E-state index in [0.29, 0.717) is 32.4 Å². The van der Waals surface area contributed by atoms with Crippen LogP contribution < -0.4 is 10.1 Å². The van der Waals surface area contributed by atoms with Crippen LogP contribution in [0.2, 0.25) is 10.0 Å². The SMILES string of the molecule is CCOc1ccc(/C=C2/SC(=Nc3cccc(Cl)c3Cl)NC2=O)cc1I. The average Bonchev–Trinajstić information content (AvgIpc) is 2.94. The van der Waals surface area contributed by atoms with Crippen LogP contribution in [0.4, 0.5) is 5.69 Å². The van der Waals surface area contributed by atoms with Crippen LogP contribution in [0.5, 0.6) is 5.75 Å². The minimum atomic E-state index is -0.198. The molecule has 1 heterocycles.